The topological polar surface area (TPSA) is 26.0 Å². The van der Waals surface area contributed by atoms with E-state index in [9.17, 15) is 4.39 Å². The van der Waals surface area contributed by atoms with Crippen LogP contribution in [0.5, 0.6) is 0 Å². The zero-order valence-corrected chi connectivity index (χ0v) is 13.6. The van der Waals surface area contributed by atoms with Crippen LogP contribution in [0.15, 0.2) is 47.8 Å². The number of thiophene rings is 1. The molecule has 1 heterocycles. The van der Waals surface area contributed by atoms with Gasteiger partial charge in [-0.2, -0.15) is 0 Å². The Morgan fingerprint density at radius 1 is 1.20 bits per heavy atom. The van der Waals surface area contributed by atoms with E-state index in [0.29, 0.717) is 0 Å². The van der Waals surface area contributed by atoms with Crippen molar-refractivity contribution in [3.8, 4) is 0 Å². The first kappa shape index (κ1) is 14.0. The highest BCUT2D eigenvalue weighted by Gasteiger charge is 2.13. The van der Waals surface area contributed by atoms with E-state index in [1.165, 1.54) is 27.8 Å². The van der Waals surface area contributed by atoms with E-state index >= 15 is 0 Å². The number of halogens is 2. The lowest BCUT2D eigenvalue weighted by Gasteiger charge is -2.13. The summed E-state index contributed by atoms with van der Waals surface area (Å²) < 4.78 is 15.3. The van der Waals surface area contributed by atoms with Crippen molar-refractivity contribution >= 4 is 44.0 Å². The van der Waals surface area contributed by atoms with Crippen molar-refractivity contribution in [2.45, 2.75) is 12.5 Å². The van der Waals surface area contributed by atoms with E-state index in [4.69, 9.17) is 5.73 Å². The molecule has 0 saturated heterocycles. The fourth-order valence-electron chi connectivity index (χ4n) is 2.34. The second kappa shape index (κ2) is 5.79. The first-order valence-corrected chi connectivity index (χ1v) is 8.26. The van der Waals surface area contributed by atoms with Crippen LogP contribution in [0.25, 0.3) is 10.1 Å². The maximum atomic E-state index is 13.2. The minimum Gasteiger partial charge on any atom is -0.324 e. The van der Waals surface area contributed by atoms with Gasteiger partial charge in [0.1, 0.15) is 5.82 Å². The van der Waals surface area contributed by atoms with Crippen LogP contribution in [0.2, 0.25) is 0 Å². The highest BCUT2D eigenvalue weighted by atomic mass is 127. The van der Waals surface area contributed by atoms with Gasteiger partial charge in [-0.1, -0.05) is 24.3 Å². The third kappa shape index (κ3) is 2.73. The van der Waals surface area contributed by atoms with Crippen molar-refractivity contribution < 1.29 is 4.39 Å². The number of fused-ring (bicyclic) bond motifs is 1. The number of nitrogens with two attached hydrogens (primary N) is 1. The Morgan fingerprint density at radius 2 is 2.00 bits per heavy atom. The Hall–Kier alpha value is -0.980. The molecule has 1 nitrogen and oxygen atoms in total. The van der Waals surface area contributed by atoms with Crippen LogP contribution in [0.4, 0.5) is 4.39 Å². The molecule has 1 unspecified atom stereocenters. The van der Waals surface area contributed by atoms with Gasteiger partial charge in [-0.15, -0.1) is 11.3 Å². The van der Waals surface area contributed by atoms with Gasteiger partial charge in [-0.25, -0.2) is 4.39 Å². The zero-order chi connectivity index (χ0) is 14.1. The van der Waals surface area contributed by atoms with Gasteiger partial charge >= 0.3 is 0 Å². The van der Waals surface area contributed by atoms with Crippen molar-refractivity contribution in [2.75, 3.05) is 0 Å². The van der Waals surface area contributed by atoms with Gasteiger partial charge in [-0.05, 0) is 69.1 Å². The molecule has 1 atom stereocenters. The van der Waals surface area contributed by atoms with Crippen LogP contribution in [0.1, 0.15) is 17.2 Å². The fraction of sp³-hybridized carbons (Fsp3) is 0.125. The predicted molar refractivity (Wildman–Crippen MR) is 91.6 cm³/mol. The van der Waals surface area contributed by atoms with Crippen LogP contribution in [-0.4, -0.2) is 0 Å². The van der Waals surface area contributed by atoms with E-state index < -0.39 is 0 Å². The minimum atomic E-state index is -0.216. The fourth-order valence-corrected chi connectivity index (χ4v) is 4.19. The Labute approximate surface area is 134 Å². The Bertz CT molecular complexity index is 753. The second-order valence-electron chi connectivity index (χ2n) is 4.73. The highest BCUT2D eigenvalue weighted by Crippen LogP contribution is 2.30. The molecule has 0 fully saturated rings. The molecule has 3 aromatic rings. The van der Waals surface area contributed by atoms with Crippen LogP contribution in [0, 0.1) is 9.39 Å². The number of benzene rings is 2. The van der Waals surface area contributed by atoms with Gasteiger partial charge in [0.15, 0.2) is 0 Å². The van der Waals surface area contributed by atoms with E-state index in [-0.39, 0.29) is 11.9 Å². The summed E-state index contributed by atoms with van der Waals surface area (Å²) in [5.41, 5.74) is 8.57. The molecular weight excluding hydrogens is 384 g/mol. The van der Waals surface area contributed by atoms with Gasteiger partial charge in [0.05, 0.1) is 0 Å². The summed E-state index contributed by atoms with van der Waals surface area (Å²) in [7, 11) is 0. The molecule has 102 valence electrons. The van der Waals surface area contributed by atoms with Gasteiger partial charge in [0.25, 0.3) is 0 Å². The Balaban J connectivity index is 1.90. The predicted octanol–water partition coefficient (Wildman–Crippen LogP) is 4.89. The lowest BCUT2D eigenvalue weighted by Crippen LogP contribution is -2.14. The molecule has 0 aliphatic carbocycles. The maximum Gasteiger partial charge on any atom is 0.124 e. The third-order valence-corrected chi connectivity index (χ3v) is 5.31. The van der Waals surface area contributed by atoms with Gasteiger partial charge in [0, 0.05) is 14.3 Å². The molecule has 0 radical (unpaired) electrons. The second-order valence-corrected chi connectivity index (χ2v) is 6.81. The summed E-state index contributed by atoms with van der Waals surface area (Å²) >= 11 is 3.88. The lowest BCUT2D eigenvalue weighted by molar-refractivity contribution is 0.623. The largest absolute Gasteiger partial charge is 0.324 e. The van der Waals surface area contributed by atoms with Gasteiger partial charge in [0.2, 0.25) is 0 Å². The van der Waals surface area contributed by atoms with Crippen molar-refractivity contribution in [1.29, 1.82) is 0 Å². The molecule has 0 aliphatic rings. The van der Waals surface area contributed by atoms with Crippen LogP contribution in [-0.2, 0) is 6.42 Å². The van der Waals surface area contributed by atoms with Crippen molar-refractivity contribution in [3.05, 3.63) is 68.4 Å². The molecule has 2 aromatic carbocycles. The minimum absolute atomic E-state index is 0.111. The Morgan fingerprint density at radius 3 is 2.80 bits per heavy atom. The monoisotopic (exact) mass is 397 g/mol. The summed E-state index contributed by atoms with van der Waals surface area (Å²) in [6.07, 6.45) is 0.769. The van der Waals surface area contributed by atoms with E-state index in [1.54, 1.807) is 17.4 Å². The van der Waals surface area contributed by atoms with Crippen molar-refractivity contribution in [2.24, 2.45) is 5.73 Å². The van der Waals surface area contributed by atoms with Crippen LogP contribution >= 0.6 is 33.9 Å². The van der Waals surface area contributed by atoms with E-state index in [1.807, 2.05) is 12.1 Å². The molecule has 2 N–H and O–H groups in total. The van der Waals surface area contributed by atoms with Crippen molar-refractivity contribution in [3.63, 3.8) is 0 Å². The number of hydrogen-bond acceptors (Lipinski definition) is 2. The van der Waals surface area contributed by atoms with E-state index in [2.05, 4.69) is 40.1 Å². The molecule has 0 bridgehead atoms. The number of rotatable bonds is 3. The highest BCUT2D eigenvalue weighted by molar-refractivity contribution is 14.1. The molecule has 0 saturated carbocycles. The standard InChI is InChI=1S/C16H13FINS/c17-11-5-6-13(14(18)8-11)15(19)7-10-9-20-16-4-2-1-3-12(10)16/h1-6,8-9,15H,7,19H2. The average molecular weight is 397 g/mol. The van der Waals surface area contributed by atoms with E-state index in [0.717, 1.165) is 15.6 Å². The molecule has 0 amide bonds. The summed E-state index contributed by atoms with van der Waals surface area (Å²) in [6, 6.07) is 13.0. The first-order valence-electron chi connectivity index (χ1n) is 6.31. The van der Waals surface area contributed by atoms with Crippen LogP contribution in [0.3, 0.4) is 0 Å². The Kier molecular flexibility index (Phi) is 4.05. The number of hydrogen-bond donors (Lipinski definition) is 1. The zero-order valence-electron chi connectivity index (χ0n) is 10.6. The molecule has 0 aliphatic heterocycles. The average Bonchev–Trinajstić information content (AvgIpc) is 2.82. The normalized spacial score (nSPS) is 12.8. The van der Waals surface area contributed by atoms with Crippen molar-refractivity contribution in [1.82, 2.24) is 0 Å². The summed E-state index contributed by atoms with van der Waals surface area (Å²) in [6.45, 7) is 0. The molecular formula is C16H13FINS. The summed E-state index contributed by atoms with van der Waals surface area (Å²) in [5, 5.41) is 3.44. The molecule has 20 heavy (non-hydrogen) atoms. The van der Waals surface area contributed by atoms with Gasteiger partial charge < -0.3 is 5.73 Å². The SMILES string of the molecule is NC(Cc1csc2ccccc12)c1ccc(F)cc1I. The smallest absolute Gasteiger partial charge is 0.124 e. The van der Waals surface area contributed by atoms with Crippen LogP contribution < -0.4 is 5.73 Å². The molecule has 3 rings (SSSR count). The molecule has 0 spiro atoms. The molecule has 4 heteroatoms. The quantitative estimate of drug-likeness (QED) is 0.626. The maximum absolute atomic E-state index is 13.2. The first-order chi connectivity index (χ1) is 9.65. The summed E-state index contributed by atoms with van der Waals surface area (Å²) in [4.78, 5) is 0. The molecule has 1 aromatic heterocycles. The third-order valence-electron chi connectivity index (χ3n) is 3.36. The summed E-state index contributed by atoms with van der Waals surface area (Å²) in [5.74, 6) is -0.216. The lowest BCUT2D eigenvalue weighted by atomic mass is 9.99. The van der Waals surface area contributed by atoms with Gasteiger partial charge in [-0.3, -0.25) is 0 Å².